The summed E-state index contributed by atoms with van der Waals surface area (Å²) in [6, 6.07) is 14.8. The molecule has 1 aromatic carbocycles. The van der Waals surface area contributed by atoms with Crippen molar-refractivity contribution in [3.63, 3.8) is 0 Å². The Bertz CT molecular complexity index is 562. The van der Waals surface area contributed by atoms with Crippen LogP contribution in [0.3, 0.4) is 0 Å². The van der Waals surface area contributed by atoms with Crippen molar-refractivity contribution < 1.29 is 4.70 Å². The summed E-state index contributed by atoms with van der Waals surface area (Å²) in [7, 11) is 0. The third-order valence-corrected chi connectivity index (χ3v) is 3.54. The number of fused-ring (bicyclic) bond motifs is 1. The van der Waals surface area contributed by atoms with Gasteiger partial charge in [0.1, 0.15) is 0 Å². The minimum absolute atomic E-state index is 0. The molecule has 0 amide bonds. The van der Waals surface area contributed by atoms with Crippen LogP contribution >= 0.6 is 0 Å². The van der Waals surface area contributed by atoms with E-state index in [1.807, 2.05) is 6.07 Å². The largest absolute Gasteiger partial charge is 0.372 e. The first kappa shape index (κ1) is 13.4. The zero-order chi connectivity index (χ0) is 12.5. The van der Waals surface area contributed by atoms with Crippen molar-refractivity contribution in [2.24, 2.45) is 0 Å². The molecule has 0 saturated carbocycles. The standard InChI is InChI=1S/C16H18N2.FH/c1-3-18(4-2)14-11-10-13-15(14)16(13)17-12-8-6-5-7-9-12;/h5-11,17H,3-4H2,1-2H3;1H. The van der Waals surface area contributed by atoms with Crippen LogP contribution in [0, 0.1) is 0 Å². The molecule has 0 aliphatic heterocycles. The Morgan fingerprint density at radius 2 is 1.63 bits per heavy atom. The number of halogens is 1. The van der Waals surface area contributed by atoms with Crippen LogP contribution in [0.25, 0.3) is 11.1 Å². The first-order chi connectivity index (χ1) is 8.85. The maximum Gasteiger partial charge on any atom is 0.0567 e. The molecule has 2 aliphatic carbocycles. The normalized spacial score (nSPS) is 10.6. The number of hydrogen-bond donors (Lipinski definition) is 1. The first-order valence-corrected chi connectivity index (χ1v) is 6.59. The summed E-state index contributed by atoms with van der Waals surface area (Å²) in [6.07, 6.45) is 0. The van der Waals surface area contributed by atoms with Crippen molar-refractivity contribution in [1.29, 1.82) is 0 Å². The van der Waals surface area contributed by atoms with E-state index in [0.717, 1.165) is 18.8 Å². The fourth-order valence-corrected chi connectivity index (χ4v) is 2.50. The molecule has 2 nitrogen and oxygen atoms in total. The van der Waals surface area contributed by atoms with Gasteiger partial charge in [0.2, 0.25) is 0 Å². The number of nitrogens with zero attached hydrogens (tertiary/aromatic N) is 1. The van der Waals surface area contributed by atoms with Gasteiger partial charge in [-0.3, -0.25) is 4.70 Å². The van der Waals surface area contributed by atoms with Gasteiger partial charge in [0.25, 0.3) is 0 Å². The van der Waals surface area contributed by atoms with E-state index < -0.39 is 0 Å². The second kappa shape index (κ2) is 5.31. The van der Waals surface area contributed by atoms with Crippen LogP contribution in [0.2, 0.25) is 0 Å². The van der Waals surface area contributed by atoms with Crippen LogP contribution < -0.4 is 10.2 Å². The highest BCUT2D eigenvalue weighted by Gasteiger charge is 2.30. The van der Waals surface area contributed by atoms with Crippen LogP contribution in [-0.2, 0) is 0 Å². The van der Waals surface area contributed by atoms with Gasteiger partial charge >= 0.3 is 0 Å². The number of benzene rings is 2. The van der Waals surface area contributed by atoms with Gasteiger partial charge in [-0.25, -0.2) is 0 Å². The number of para-hydroxylation sites is 1. The van der Waals surface area contributed by atoms with Gasteiger partial charge in [-0.1, -0.05) is 24.3 Å². The summed E-state index contributed by atoms with van der Waals surface area (Å²) in [5.41, 5.74) is 6.61. The highest BCUT2D eigenvalue weighted by atomic mass is 19.0. The van der Waals surface area contributed by atoms with Gasteiger partial charge < -0.3 is 10.2 Å². The predicted molar refractivity (Wildman–Crippen MR) is 81.2 cm³/mol. The van der Waals surface area contributed by atoms with E-state index in [4.69, 9.17) is 0 Å². The smallest absolute Gasteiger partial charge is 0.0567 e. The van der Waals surface area contributed by atoms with Gasteiger partial charge in [-0.15, -0.1) is 0 Å². The molecule has 0 radical (unpaired) electrons. The molecule has 0 heterocycles. The Kier molecular flexibility index (Phi) is 3.74. The Labute approximate surface area is 113 Å². The molecule has 2 aliphatic rings. The summed E-state index contributed by atoms with van der Waals surface area (Å²) in [6.45, 7) is 6.53. The lowest BCUT2D eigenvalue weighted by Crippen LogP contribution is -2.21. The van der Waals surface area contributed by atoms with Crippen molar-refractivity contribution in [2.45, 2.75) is 13.8 Å². The van der Waals surface area contributed by atoms with Crippen molar-refractivity contribution in [2.75, 3.05) is 23.3 Å². The van der Waals surface area contributed by atoms with E-state index >= 15 is 0 Å². The monoisotopic (exact) mass is 258 g/mol. The molecule has 0 spiro atoms. The van der Waals surface area contributed by atoms with E-state index in [1.165, 1.54) is 22.5 Å². The topological polar surface area (TPSA) is 15.3 Å². The second-order valence-corrected chi connectivity index (χ2v) is 4.55. The van der Waals surface area contributed by atoms with Crippen LogP contribution in [0.1, 0.15) is 13.8 Å². The van der Waals surface area contributed by atoms with Crippen molar-refractivity contribution in [3.05, 3.63) is 42.5 Å². The third-order valence-electron chi connectivity index (χ3n) is 3.54. The molecule has 3 rings (SSSR count). The van der Waals surface area contributed by atoms with Crippen molar-refractivity contribution >= 4 is 17.1 Å². The number of nitrogens with one attached hydrogen (secondary N) is 1. The van der Waals surface area contributed by atoms with E-state index in [0.29, 0.717) is 0 Å². The maximum atomic E-state index is 3.49. The van der Waals surface area contributed by atoms with Gasteiger partial charge in [0.15, 0.2) is 0 Å². The van der Waals surface area contributed by atoms with E-state index in [1.54, 1.807) is 0 Å². The number of anilines is 3. The quantitative estimate of drug-likeness (QED) is 0.729. The fourth-order valence-electron chi connectivity index (χ4n) is 2.50. The molecule has 0 fully saturated rings. The predicted octanol–water partition coefficient (Wildman–Crippen LogP) is 4.41. The minimum atomic E-state index is 0. The van der Waals surface area contributed by atoms with Crippen LogP contribution in [-0.4, -0.2) is 13.1 Å². The lowest BCUT2D eigenvalue weighted by atomic mass is 10.3. The Balaban J connectivity index is 0.00000133. The molecule has 0 saturated heterocycles. The number of hydrogen-bond acceptors (Lipinski definition) is 2. The van der Waals surface area contributed by atoms with Gasteiger partial charge in [-0.2, -0.15) is 0 Å². The van der Waals surface area contributed by atoms with Gasteiger partial charge in [0, 0.05) is 35.6 Å². The summed E-state index contributed by atoms with van der Waals surface area (Å²) >= 11 is 0. The Morgan fingerprint density at radius 1 is 0.947 bits per heavy atom. The summed E-state index contributed by atoms with van der Waals surface area (Å²) in [5, 5.41) is 3.49. The molecular formula is C16H19FN2. The highest BCUT2D eigenvalue weighted by molar-refractivity contribution is 6.13. The highest BCUT2D eigenvalue weighted by Crippen LogP contribution is 2.56. The average molecular weight is 258 g/mol. The lowest BCUT2D eigenvalue weighted by Gasteiger charge is -2.19. The zero-order valence-electron chi connectivity index (χ0n) is 11.3. The molecule has 19 heavy (non-hydrogen) atoms. The SMILES string of the molecule is CCN(CC)c1ccc2c(Nc3ccccc3)c1-2.F. The average Bonchev–Trinajstić information content (AvgIpc) is 2.89. The zero-order valence-corrected chi connectivity index (χ0v) is 11.3. The Morgan fingerprint density at radius 3 is 2.26 bits per heavy atom. The van der Waals surface area contributed by atoms with Crippen LogP contribution in [0.15, 0.2) is 42.5 Å². The van der Waals surface area contributed by atoms with Crippen molar-refractivity contribution in [1.82, 2.24) is 0 Å². The van der Waals surface area contributed by atoms with Gasteiger partial charge in [-0.05, 0) is 32.0 Å². The van der Waals surface area contributed by atoms with Crippen LogP contribution in [0.4, 0.5) is 21.8 Å². The first-order valence-electron chi connectivity index (χ1n) is 6.59. The summed E-state index contributed by atoms with van der Waals surface area (Å²) in [4.78, 5) is 2.40. The maximum absolute atomic E-state index is 3.49. The molecule has 1 aromatic rings. The fraction of sp³-hybridized carbons (Fsp3) is 0.250. The molecule has 100 valence electrons. The molecule has 1 N–H and O–H groups in total. The second-order valence-electron chi connectivity index (χ2n) is 4.55. The molecule has 0 atom stereocenters. The van der Waals surface area contributed by atoms with Crippen molar-refractivity contribution in [3.8, 4) is 11.1 Å². The van der Waals surface area contributed by atoms with E-state index in [-0.39, 0.29) is 4.70 Å². The number of rotatable bonds is 5. The van der Waals surface area contributed by atoms with E-state index in [2.05, 4.69) is 60.5 Å². The minimum Gasteiger partial charge on any atom is -0.372 e. The third kappa shape index (κ3) is 2.28. The van der Waals surface area contributed by atoms with E-state index in [9.17, 15) is 0 Å². The van der Waals surface area contributed by atoms with Gasteiger partial charge in [0.05, 0.1) is 5.69 Å². The molecule has 0 bridgehead atoms. The lowest BCUT2D eigenvalue weighted by molar-refractivity contribution is 0.870. The molecular weight excluding hydrogens is 239 g/mol. The molecule has 0 aromatic heterocycles. The molecule has 3 heteroatoms. The molecule has 0 unspecified atom stereocenters. The summed E-state index contributed by atoms with van der Waals surface area (Å²) in [5.74, 6) is 0. The Hall–Kier alpha value is -2.03. The van der Waals surface area contributed by atoms with Crippen LogP contribution in [0.5, 0.6) is 0 Å². The summed E-state index contributed by atoms with van der Waals surface area (Å²) < 4.78 is 0.